The molecule has 1 aromatic carbocycles. The number of carbonyl (C=O) groups is 1. The Bertz CT molecular complexity index is 447. The van der Waals surface area contributed by atoms with E-state index in [-0.39, 0.29) is 18.6 Å². The minimum Gasteiger partial charge on any atom is -0.484 e. The van der Waals surface area contributed by atoms with E-state index < -0.39 is 0 Å². The highest BCUT2D eigenvalue weighted by molar-refractivity contribution is 9.09. The maximum Gasteiger partial charge on any atom is 0.260 e. The van der Waals surface area contributed by atoms with E-state index in [2.05, 4.69) is 15.9 Å². The fraction of sp³-hybridized carbons (Fsp3) is 0.533. The Labute approximate surface area is 138 Å². The minimum atomic E-state index is 0.0175. The third-order valence-electron chi connectivity index (χ3n) is 3.40. The van der Waals surface area contributed by atoms with Gasteiger partial charge in [-0.05, 0) is 37.1 Å². The van der Waals surface area contributed by atoms with Gasteiger partial charge in [-0.1, -0.05) is 27.5 Å². The van der Waals surface area contributed by atoms with Crippen molar-refractivity contribution < 1.29 is 14.3 Å². The van der Waals surface area contributed by atoms with Gasteiger partial charge in [0.2, 0.25) is 0 Å². The van der Waals surface area contributed by atoms with Crippen molar-refractivity contribution in [1.29, 1.82) is 0 Å². The van der Waals surface area contributed by atoms with E-state index in [9.17, 15) is 4.79 Å². The second-order valence-electron chi connectivity index (χ2n) is 4.88. The second kappa shape index (κ2) is 8.61. The first-order chi connectivity index (χ1) is 10.2. The van der Waals surface area contributed by atoms with Gasteiger partial charge in [0.05, 0.1) is 12.7 Å². The number of rotatable bonds is 6. The van der Waals surface area contributed by atoms with Crippen molar-refractivity contribution >= 4 is 33.4 Å². The number of alkyl halides is 1. The highest BCUT2D eigenvalue weighted by Crippen LogP contribution is 2.17. The molecule has 1 amide bonds. The van der Waals surface area contributed by atoms with Crippen LogP contribution < -0.4 is 4.74 Å². The first kappa shape index (κ1) is 16.6. The number of amides is 1. The van der Waals surface area contributed by atoms with Crippen molar-refractivity contribution in [3.63, 3.8) is 0 Å². The fourth-order valence-electron chi connectivity index (χ4n) is 2.25. The summed E-state index contributed by atoms with van der Waals surface area (Å²) < 4.78 is 11.2. The zero-order chi connectivity index (χ0) is 15.1. The van der Waals surface area contributed by atoms with E-state index in [1.807, 2.05) is 4.90 Å². The van der Waals surface area contributed by atoms with Crippen molar-refractivity contribution in [2.45, 2.75) is 18.9 Å². The molecule has 0 saturated carbocycles. The highest BCUT2D eigenvalue weighted by atomic mass is 79.9. The van der Waals surface area contributed by atoms with Crippen LogP contribution in [0.2, 0.25) is 5.02 Å². The molecule has 0 spiro atoms. The van der Waals surface area contributed by atoms with Crippen LogP contribution in [0.25, 0.3) is 0 Å². The van der Waals surface area contributed by atoms with Crippen molar-refractivity contribution in [2.75, 3.05) is 31.6 Å². The number of piperidine rings is 1. The van der Waals surface area contributed by atoms with Crippen LogP contribution in [0.15, 0.2) is 24.3 Å². The zero-order valence-electron chi connectivity index (χ0n) is 11.8. The molecule has 1 aromatic rings. The Morgan fingerprint density at radius 3 is 2.57 bits per heavy atom. The second-order valence-corrected chi connectivity index (χ2v) is 6.11. The summed E-state index contributed by atoms with van der Waals surface area (Å²) >= 11 is 9.14. The molecule has 0 unspecified atom stereocenters. The number of carbonyl (C=O) groups excluding carboxylic acids is 1. The van der Waals surface area contributed by atoms with Gasteiger partial charge in [-0.15, -0.1) is 0 Å². The number of nitrogens with zero attached hydrogens (tertiary/aromatic N) is 1. The van der Waals surface area contributed by atoms with Crippen LogP contribution >= 0.6 is 27.5 Å². The van der Waals surface area contributed by atoms with Crippen molar-refractivity contribution in [3.8, 4) is 5.75 Å². The molecule has 21 heavy (non-hydrogen) atoms. The van der Waals surface area contributed by atoms with Gasteiger partial charge in [-0.3, -0.25) is 4.79 Å². The lowest BCUT2D eigenvalue weighted by atomic mass is 10.1. The van der Waals surface area contributed by atoms with E-state index in [0.717, 1.165) is 37.9 Å². The number of halogens is 2. The Morgan fingerprint density at radius 1 is 1.29 bits per heavy atom. The summed E-state index contributed by atoms with van der Waals surface area (Å²) in [6.07, 6.45) is 2.04. The average Bonchev–Trinajstić information content (AvgIpc) is 2.52. The molecule has 0 bridgehead atoms. The van der Waals surface area contributed by atoms with Gasteiger partial charge in [-0.2, -0.15) is 0 Å². The van der Waals surface area contributed by atoms with Gasteiger partial charge in [0.15, 0.2) is 6.61 Å². The number of likely N-dealkylation sites (tertiary alicyclic amines) is 1. The van der Waals surface area contributed by atoms with Crippen LogP contribution in [-0.4, -0.2) is 48.5 Å². The number of ether oxygens (including phenoxy) is 2. The molecule has 1 aliphatic rings. The summed E-state index contributed by atoms with van der Waals surface area (Å²) in [7, 11) is 0. The van der Waals surface area contributed by atoms with Crippen LogP contribution in [0.3, 0.4) is 0 Å². The third kappa shape index (κ3) is 5.49. The Balaban J connectivity index is 1.71. The summed E-state index contributed by atoms with van der Waals surface area (Å²) in [5.74, 6) is 0.673. The van der Waals surface area contributed by atoms with E-state index in [4.69, 9.17) is 21.1 Å². The van der Waals surface area contributed by atoms with Crippen LogP contribution in [-0.2, 0) is 9.53 Å². The van der Waals surface area contributed by atoms with E-state index in [0.29, 0.717) is 10.8 Å². The summed E-state index contributed by atoms with van der Waals surface area (Å²) in [4.78, 5) is 13.9. The quantitative estimate of drug-likeness (QED) is 0.716. The zero-order valence-corrected chi connectivity index (χ0v) is 14.1. The van der Waals surface area contributed by atoms with Gasteiger partial charge in [-0.25, -0.2) is 0 Å². The van der Waals surface area contributed by atoms with Gasteiger partial charge in [0, 0.05) is 23.4 Å². The molecule has 2 rings (SSSR count). The number of hydrogen-bond donors (Lipinski definition) is 0. The van der Waals surface area contributed by atoms with Crippen LogP contribution in [0, 0.1) is 0 Å². The van der Waals surface area contributed by atoms with Crippen LogP contribution in [0.4, 0.5) is 0 Å². The molecule has 1 aliphatic heterocycles. The third-order valence-corrected chi connectivity index (χ3v) is 3.98. The van der Waals surface area contributed by atoms with Crippen molar-refractivity contribution in [3.05, 3.63) is 29.3 Å². The highest BCUT2D eigenvalue weighted by Gasteiger charge is 2.23. The molecule has 6 heteroatoms. The molecule has 1 fully saturated rings. The monoisotopic (exact) mass is 375 g/mol. The lowest BCUT2D eigenvalue weighted by molar-refractivity contribution is -0.135. The minimum absolute atomic E-state index is 0.0175. The topological polar surface area (TPSA) is 38.8 Å². The van der Waals surface area contributed by atoms with E-state index >= 15 is 0 Å². The predicted molar refractivity (Wildman–Crippen MR) is 86.3 cm³/mol. The van der Waals surface area contributed by atoms with Crippen LogP contribution in [0.1, 0.15) is 12.8 Å². The SMILES string of the molecule is O=C(COc1ccc(Cl)cc1)N1CCC(OCCBr)CC1. The lowest BCUT2D eigenvalue weighted by Gasteiger charge is -2.31. The van der Waals surface area contributed by atoms with Gasteiger partial charge < -0.3 is 14.4 Å². The average molecular weight is 377 g/mol. The number of hydrogen-bond acceptors (Lipinski definition) is 3. The first-order valence-electron chi connectivity index (χ1n) is 7.03. The largest absolute Gasteiger partial charge is 0.484 e. The summed E-state index contributed by atoms with van der Waals surface area (Å²) in [6, 6.07) is 7.01. The maximum atomic E-state index is 12.1. The predicted octanol–water partition coefficient (Wildman–Crippen LogP) is 3.12. The smallest absolute Gasteiger partial charge is 0.260 e. The molecule has 0 radical (unpaired) electrons. The van der Waals surface area contributed by atoms with Crippen LogP contribution in [0.5, 0.6) is 5.75 Å². The Kier molecular flexibility index (Phi) is 6.80. The molecule has 116 valence electrons. The normalized spacial score (nSPS) is 16.0. The molecule has 1 heterocycles. The maximum absolute atomic E-state index is 12.1. The summed E-state index contributed by atoms with van der Waals surface area (Å²) in [6.45, 7) is 2.25. The van der Waals surface area contributed by atoms with Gasteiger partial charge in [0.1, 0.15) is 5.75 Å². The molecular weight excluding hydrogens is 358 g/mol. The first-order valence-corrected chi connectivity index (χ1v) is 8.52. The molecule has 0 aromatic heterocycles. The number of benzene rings is 1. The van der Waals surface area contributed by atoms with Gasteiger partial charge in [0.25, 0.3) is 5.91 Å². The summed E-state index contributed by atoms with van der Waals surface area (Å²) in [5, 5.41) is 1.50. The van der Waals surface area contributed by atoms with Gasteiger partial charge >= 0.3 is 0 Å². The van der Waals surface area contributed by atoms with E-state index in [1.165, 1.54) is 0 Å². The Morgan fingerprint density at radius 2 is 1.95 bits per heavy atom. The standard InChI is InChI=1S/C15H19BrClNO3/c16-7-10-20-14-5-8-18(9-6-14)15(19)11-21-13-3-1-12(17)2-4-13/h1-4,14H,5-11H2. The van der Waals surface area contributed by atoms with Crippen molar-refractivity contribution in [1.82, 2.24) is 4.90 Å². The van der Waals surface area contributed by atoms with Crippen molar-refractivity contribution in [2.24, 2.45) is 0 Å². The molecule has 0 N–H and O–H groups in total. The lowest BCUT2D eigenvalue weighted by Crippen LogP contribution is -2.43. The summed E-state index contributed by atoms with van der Waals surface area (Å²) in [5.41, 5.74) is 0. The molecule has 0 atom stereocenters. The fourth-order valence-corrected chi connectivity index (χ4v) is 2.56. The van der Waals surface area contributed by atoms with E-state index in [1.54, 1.807) is 24.3 Å². The Hall–Kier alpha value is -0.780. The molecule has 1 saturated heterocycles. The molecule has 0 aliphatic carbocycles. The molecular formula is C15H19BrClNO3. The molecule has 4 nitrogen and oxygen atoms in total.